The molecule has 5 heteroatoms. The van der Waals surface area contributed by atoms with E-state index in [9.17, 15) is 9.00 Å². The van der Waals surface area contributed by atoms with E-state index in [1.54, 1.807) is 13.0 Å². The zero-order chi connectivity index (χ0) is 11.8. The van der Waals surface area contributed by atoms with Crippen LogP contribution in [-0.2, 0) is 20.3 Å². The van der Waals surface area contributed by atoms with Crippen molar-refractivity contribution in [3.05, 3.63) is 12.2 Å². The van der Waals surface area contributed by atoms with Crippen LogP contribution in [0, 0.1) is 0 Å². The van der Waals surface area contributed by atoms with Crippen LogP contribution < -0.4 is 5.32 Å². The molecule has 1 fully saturated rings. The average molecular weight is 245 g/mol. The van der Waals surface area contributed by atoms with Crippen molar-refractivity contribution >= 4 is 16.8 Å². The van der Waals surface area contributed by atoms with Gasteiger partial charge >= 0.3 is 5.97 Å². The van der Waals surface area contributed by atoms with Crippen LogP contribution in [0.1, 0.15) is 19.8 Å². The SMILES string of the molecule is CCOC(=O)/C=C/CNC1CCS(=O)CC1. The second kappa shape index (κ2) is 7.57. The summed E-state index contributed by atoms with van der Waals surface area (Å²) in [7, 11) is -0.610. The van der Waals surface area contributed by atoms with Gasteiger partial charge in [-0.1, -0.05) is 6.08 Å². The van der Waals surface area contributed by atoms with Crippen LogP contribution in [0.2, 0.25) is 0 Å². The van der Waals surface area contributed by atoms with Gasteiger partial charge in [-0.3, -0.25) is 4.21 Å². The first-order valence-electron chi connectivity index (χ1n) is 5.64. The molecule has 0 saturated carbocycles. The molecule has 1 aliphatic rings. The molecule has 0 radical (unpaired) electrons. The van der Waals surface area contributed by atoms with Crippen molar-refractivity contribution in [3.8, 4) is 0 Å². The lowest BCUT2D eigenvalue weighted by Crippen LogP contribution is -2.35. The summed E-state index contributed by atoms with van der Waals surface area (Å²) in [5.41, 5.74) is 0. The van der Waals surface area contributed by atoms with Crippen LogP contribution in [0.25, 0.3) is 0 Å². The second-order valence-corrected chi connectivity index (χ2v) is 5.38. The van der Waals surface area contributed by atoms with Gasteiger partial charge in [-0.2, -0.15) is 0 Å². The van der Waals surface area contributed by atoms with Crippen molar-refractivity contribution in [1.82, 2.24) is 5.32 Å². The van der Waals surface area contributed by atoms with E-state index >= 15 is 0 Å². The largest absolute Gasteiger partial charge is 0.463 e. The van der Waals surface area contributed by atoms with Gasteiger partial charge in [-0.05, 0) is 19.8 Å². The standard InChI is InChI=1S/C11H19NO3S/c1-2-15-11(13)4-3-7-12-10-5-8-16(14)9-6-10/h3-4,10,12H,2,5-9H2,1H3/b4-3+. The molecule has 0 bridgehead atoms. The van der Waals surface area contributed by atoms with Gasteiger partial charge < -0.3 is 10.1 Å². The lowest BCUT2D eigenvalue weighted by atomic mass is 10.1. The van der Waals surface area contributed by atoms with E-state index in [2.05, 4.69) is 5.32 Å². The summed E-state index contributed by atoms with van der Waals surface area (Å²) in [5, 5.41) is 3.31. The molecule has 0 unspecified atom stereocenters. The van der Waals surface area contributed by atoms with Gasteiger partial charge in [0.2, 0.25) is 0 Å². The van der Waals surface area contributed by atoms with Crippen LogP contribution in [0.3, 0.4) is 0 Å². The summed E-state index contributed by atoms with van der Waals surface area (Å²) in [4.78, 5) is 11.0. The van der Waals surface area contributed by atoms with Crippen LogP contribution in [0.5, 0.6) is 0 Å². The molecule has 0 aromatic rings. The highest BCUT2D eigenvalue weighted by Gasteiger charge is 2.16. The number of carbonyl (C=O) groups is 1. The van der Waals surface area contributed by atoms with Crippen LogP contribution >= 0.6 is 0 Å². The van der Waals surface area contributed by atoms with Crippen LogP contribution in [0.4, 0.5) is 0 Å². The van der Waals surface area contributed by atoms with Gasteiger partial charge in [0, 0.05) is 41.0 Å². The number of ether oxygens (including phenoxy) is 1. The Kier molecular flexibility index (Phi) is 6.33. The number of nitrogens with one attached hydrogen (secondary N) is 1. The third-order valence-electron chi connectivity index (χ3n) is 2.45. The smallest absolute Gasteiger partial charge is 0.330 e. The van der Waals surface area contributed by atoms with Crippen molar-refractivity contribution in [2.75, 3.05) is 24.7 Å². The first-order chi connectivity index (χ1) is 7.72. The Labute approximate surface area is 98.9 Å². The number of hydrogen-bond donors (Lipinski definition) is 1. The van der Waals surface area contributed by atoms with Crippen molar-refractivity contribution in [1.29, 1.82) is 0 Å². The topological polar surface area (TPSA) is 55.4 Å². The highest BCUT2D eigenvalue weighted by Crippen LogP contribution is 2.08. The van der Waals surface area contributed by atoms with E-state index < -0.39 is 10.8 Å². The maximum absolute atomic E-state index is 11.1. The van der Waals surface area contributed by atoms with Crippen molar-refractivity contribution in [2.45, 2.75) is 25.8 Å². The molecule has 1 saturated heterocycles. The number of hydrogen-bond acceptors (Lipinski definition) is 4. The van der Waals surface area contributed by atoms with Gasteiger partial charge in [0.1, 0.15) is 0 Å². The molecule has 4 nitrogen and oxygen atoms in total. The molecular weight excluding hydrogens is 226 g/mol. The van der Waals surface area contributed by atoms with E-state index in [0.717, 1.165) is 24.3 Å². The molecular formula is C11H19NO3S. The molecule has 0 aliphatic carbocycles. The Morgan fingerprint density at radius 1 is 1.50 bits per heavy atom. The Morgan fingerprint density at radius 2 is 2.19 bits per heavy atom. The van der Waals surface area contributed by atoms with E-state index in [0.29, 0.717) is 19.2 Å². The Bertz CT molecular complexity index is 268. The van der Waals surface area contributed by atoms with E-state index in [-0.39, 0.29) is 5.97 Å². The minimum absolute atomic E-state index is 0.297. The monoisotopic (exact) mass is 245 g/mol. The second-order valence-electron chi connectivity index (χ2n) is 3.69. The molecule has 1 aliphatic heterocycles. The minimum Gasteiger partial charge on any atom is -0.463 e. The molecule has 16 heavy (non-hydrogen) atoms. The van der Waals surface area contributed by atoms with Crippen molar-refractivity contribution in [3.63, 3.8) is 0 Å². The summed E-state index contributed by atoms with van der Waals surface area (Å²) >= 11 is 0. The molecule has 0 amide bonds. The van der Waals surface area contributed by atoms with Gasteiger partial charge in [0.15, 0.2) is 0 Å². The highest BCUT2D eigenvalue weighted by molar-refractivity contribution is 7.85. The van der Waals surface area contributed by atoms with E-state index in [4.69, 9.17) is 4.74 Å². The Morgan fingerprint density at radius 3 is 2.81 bits per heavy atom. The molecule has 1 rings (SSSR count). The average Bonchev–Trinajstić information content (AvgIpc) is 2.27. The zero-order valence-electron chi connectivity index (χ0n) is 9.61. The highest BCUT2D eigenvalue weighted by atomic mass is 32.2. The van der Waals surface area contributed by atoms with Crippen LogP contribution in [-0.4, -0.2) is 40.9 Å². The van der Waals surface area contributed by atoms with Crippen molar-refractivity contribution in [2.24, 2.45) is 0 Å². The van der Waals surface area contributed by atoms with Gasteiger partial charge in [0.05, 0.1) is 6.61 Å². The predicted octanol–water partition coefficient (Wildman–Crippen LogP) is 0.606. The van der Waals surface area contributed by atoms with E-state index in [1.807, 2.05) is 0 Å². The van der Waals surface area contributed by atoms with Gasteiger partial charge in [-0.15, -0.1) is 0 Å². The molecule has 1 N–H and O–H groups in total. The lowest BCUT2D eigenvalue weighted by Gasteiger charge is -2.21. The lowest BCUT2D eigenvalue weighted by molar-refractivity contribution is -0.137. The summed E-state index contributed by atoms with van der Waals surface area (Å²) in [6.07, 6.45) is 5.13. The number of esters is 1. The Balaban J connectivity index is 2.11. The third-order valence-corrected chi connectivity index (χ3v) is 3.83. The fourth-order valence-electron chi connectivity index (χ4n) is 1.58. The quantitative estimate of drug-likeness (QED) is 0.569. The summed E-state index contributed by atoms with van der Waals surface area (Å²) in [5.74, 6) is 1.28. The molecule has 1 heterocycles. The third kappa shape index (κ3) is 5.42. The zero-order valence-corrected chi connectivity index (χ0v) is 10.4. The molecule has 0 atom stereocenters. The van der Waals surface area contributed by atoms with Gasteiger partial charge in [0.25, 0.3) is 0 Å². The van der Waals surface area contributed by atoms with Gasteiger partial charge in [-0.25, -0.2) is 4.79 Å². The fourth-order valence-corrected chi connectivity index (χ4v) is 2.88. The molecule has 0 aromatic carbocycles. The first-order valence-corrected chi connectivity index (χ1v) is 7.13. The molecule has 0 spiro atoms. The van der Waals surface area contributed by atoms with E-state index in [1.165, 1.54) is 6.08 Å². The predicted molar refractivity (Wildman–Crippen MR) is 64.7 cm³/mol. The first kappa shape index (κ1) is 13.4. The summed E-state index contributed by atoms with van der Waals surface area (Å²) in [6, 6.07) is 0.435. The van der Waals surface area contributed by atoms with Crippen LogP contribution in [0.15, 0.2) is 12.2 Å². The summed E-state index contributed by atoms with van der Waals surface area (Å²) < 4.78 is 15.9. The Hall–Kier alpha value is -0.680. The molecule has 92 valence electrons. The molecule has 0 aromatic heterocycles. The van der Waals surface area contributed by atoms with Crippen molar-refractivity contribution < 1.29 is 13.7 Å². The minimum atomic E-state index is -0.610. The maximum atomic E-state index is 11.1. The maximum Gasteiger partial charge on any atom is 0.330 e. The fraction of sp³-hybridized carbons (Fsp3) is 0.727. The number of carbonyl (C=O) groups excluding carboxylic acids is 1. The number of rotatable bonds is 5. The normalized spacial score (nSPS) is 25.8. The summed E-state index contributed by atoms with van der Waals surface area (Å²) in [6.45, 7) is 2.85.